The van der Waals surface area contributed by atoms with Gasteiger partial charge in [0.05, 0.1) is 22.7 Å². The van der Waals surface area contributed by atoms with Crippen LogP contribution in [0.4, 0.5) is 19.0 Å². The SMILES string of the molecule is O=C(c1cccc2cc[nH]c12)N1C[C@H]2CC(Nc3ccc(C(F)(F)F)cn3)C1C2. The Hall–Kier alpha value is -3.03. The van der Waals surface area contributed by atoms with Crippen LogP contribution >= 0.6 is 0 Å². The summed E-state index contributed by atoms with van der Waals surface area (Å²) < 4.78 is 38.2. The Morgan fingerprint density at radius 3 is 2.76 bits per heavy atom. The molecule has 3 heterocycles. The first-order valence-electron chi connectivity index (χ1n) is 9.57. The minimum Gasteiger partial charge on any atom is -0.365 e. The zero-order valence-corrected chi connectivity index (χ0v) is 15.4. The Morgan fingerprint density at radius 1 is 1.17 bits per heavy atom. The number of aromatic amines is 1. The number of alkyl halides is 3. The molecule has 5 rings (SSSR count). The second-order valence-corrected chi connectivity index (χ2v) is 7.79. The highest BCUT2D eigenvalue weighted by molar-refractivity contribution is 6.06. The lowest BCUT2D eigenvalue weighted by Gasteiger charge is -2.34. The maximum Gasteiger partial charge on any atom is 0.417 e. The third kappa shape index (κ3) is 3.12. The van der Waals surface area contributed by atoms with Crippen LogP contribution in [0.25, 0.3) is 10.9 Å². The van der Waals surface area contributed by atoms with Gasteiger partial charge >= 0.3 is 6.18 Å². The summed E-state index contributed by atoms with van der Waals surface area (Å²) in [7, 11) is 0. The van der Waals surface area contributed by atoms with Gasteiger partial charge in [-0.3, -0.25) is 4.79 Å². The van der Waals surface area contributed by atoms with Gasteiger partial charge in [0.25, 0.3) is 5.91 Å². The number of fused-ring (bicyclic) bond motifs is 3. The topological polar surface area (TPSA) is 61.0 Å². The third-order valence-corrected chi connectivity index (χ3v) is 5.98. The van der Waals surface area contributed by atoms with Crippen LogP contribution in [0.15, 0.2) is 48.8 Å². The number of pyridine rings is 1. The summed E-state index contributed by atoms with van der Waals surface area (Å²) in [6, 6.07) is 9.94. The minimum absolute atomic E-state index is 0.00168. The molecule has 2 bridgehead atoms. The Kier molecular flexibility index (Phi) is 4.04. The molecule has 0 radical (unpaired) electrons. The lowest BCUT2D eigenvalue weighted by Crippen LogP contribution is -2.47. The van der Waals surface area contributed by atoms with Gasteiger partial charge in [-0.25, -0.2) is 4.98 Å². The summed E-state index contributed by atoms with van der Waals surface area (Å²) in [5.41, 5.74) is 0.701. The number of likely N-dealkylation sites (tertiary alicyclic amines) is 1. The molecule has 2 aliphatic rings. The van der Waals surface area contributed by atoms with Gasteiger partial charge in [0.1, 0.15) is 5.82 Å². The Labute approximate surface area is 164 Å². The van der Waals surface area contributed by atoms with Gasteiger partial charge in [-0.15, -0.1) is 0 Å². The highest BCUT2D eigenvalue weighted by atomic mass is 19.4. The highest BCUT2D eigenvalue weighted by Gasteiger charge is 2.47. The summed E-state index contributed by atoms with van der Waals surface area (Å²) in [5.74, 6) is 0.769. The normalized spacial score (nSPS) is 23.7. The summed E-state index contributed by atoms with van der Waals surface area (Å²) in [4.78, 5) is 22.2. The van der Waals surface area contributed by atoms with Gasteiger partial charge in [-0.05, 0) is 43.0 Å². The largest absolute Gasteiger partial charge is 0.417 e. The monoisotopic (exact) mass is 400 g/mol. The van der Waals surface area contributed by atoms with Crippen molar-refractivity contribution in [2.75, 3.05) is 11.9 Å². The number of anilines is 1. The van der Waals surface area contributed by atoms with Crippen molar-refractivity contribution < 1.29 is 18.0 Å². The molecule has 2 aromatic heterocycles. The van der Waals surface area contributed by atoms with Crippen LogP contribution < -0.4 is 5.32 Å². The zero-order valence-electron chi connectivity index (χ0n) is 15.4. The van der Waals surface area contributed by atoms with Gasteiger partial charge in [0.2, 0.25) is 0 Å². The molecule has 3 atom stereocenters. The number of amides is 1. The fraction of sp³-hybridized carbons (Fsp3) is 0.333. The van der Waals surface area contributed by atoms with E-state index in [1.165, 1.54) is 6.07 Å². The first kappa shape index (κ1) is 18.0. The summed E-state index contributed by atoms with van der Waals surface area (Å²) in [5, 5.41) is 4.23. The van der Waals surface area contributed by atoms with Crippen molar-refractivity contribution in [3.8, 4) is 0 Å². The van der Waals surface area contributed by atoms with Crippen LogP contribution in [-0.4, -0.2) is 39.4 Å². The van der Waals surface area contributed by atoms with Crippen molar-refractivity contribution >= 4 is 22.6 Å². The van der Waals surface area contributed by atoms with Crippen molar-refractivity contribution in [1.82, 2.24) is 14.9 Å². The van der Waals surface area contributed by atoms with E-state index in [9.17, 15) is 18.0 Å². The molecule has 150 valence electrons. The van der Waals surface area contributed by atoms with Crippen LogP contribution in [0.2, 0.25) is 0 Å². The van der Waals surface area contributed by atoms with Crippen molar-refractivity contribution in [2.24, 2.45) is 5.92 Å². The van der Waals surface area contributed by atoms with Crippen molar-refractivity contribution in [3.05, 3.63) is 59.9 Å². The molecule has 2 N–H and O–H groups in total. The number of benzene rings is 1. The van der Waals surface area contributed by atoms with Crippen LogP contribution in [0, 0.1) is 5.92 Å². The third-order valence-electron chi connectivity index (χ3n) is 5.98. The zero-order chi connectivity index (χ0) is 20.2. The van der Waals surface area contributed by atoms with E-state index in [1.54, 1.807) is 0 Å². The summed E-state index contributed by atoms with van der Waals surface area (Å²) in [6.45, 7) is 0.708. The average molecular weight is 400 g/mol. The smallest absolute Gasteiger partial charge is 0.365 e. The van der Waals surface area contributed by atoms with E-state index in [0.717, 1.165) is 36.0 Å². The highest BCUT2D eigenvalue weighted by Crippen LogP contribution is 2.40. The number of hydrogen-bond acceptors (Lipinski definition) is 3. The lowest BCUT2D eigenvalue weighted by molar-refractivity contribution is -0.137. The van der Waals surface area contributed by atoms with E-state index in [0.29, 0.717) is 23.8 Å². The fourth-order valence-corrected chi connectivity index (χ4v) is 4.67. The van der Waals surface area contributed by atoms with Crippen molar-refractivity contribution in [1.29, 1.82) is 0 Å². The quantitative estimate of drug-likeness (QED) is 0.689. The summed E-state index contributed by atoms with van der Waals surface area (Å²) >= 11 is 0. The number of aromatic nitrogens is 2. The fourth-order valence-electron chi connectivity index (χ4n) is 4.67. The Balaban J connectivity index is 1.35. The first-order chi connectivity index (χ1) is 13.9. The van der Waals surface area contributed by atoms with Crippen LogP contribution in [0.1, 0.15) is 28.8 Å². The van der Waals surface area contributed by atoms with Gasteiger partial charge in [-0.1, -0.05) is 12.1 Å². The average Bonchev–Trinajstić information content (AvgIpc) is 3.42. The molecule has 1 amide bonds. The first-order valence-corrected chi connectivity index (χ1v) is 9.57. The van der Waals surface area contributed by atoms with Gasteiger partial charge in [0.15, 0.2) is 0 Å². The number of H-pyrrole nitrogens is 1. The van der Waals surface area contributed by atoms with Crippen LogP contribution in [-0.2, 0) is 6.18 Å². The van der Waals surface area contributed by atoms with E-state index in [-0.39, 0.29) is 18.0 Å². The maximum absolute atomic E-state index is 13.2. The molecule has 1 aliphatic carbocycles. The van der Waals surface area contributed by atoms with E-state index in [2.05, 4.69) is 15.3 Å². The molecular weight excluding hydrogens is 381 g/mol. The molecule has 1 saturated heterocycles. The molecule has 2 fully saturated rings. The molecule has 0 spiro atoms. The standard InChI is InChI=1S/C21H19F3N4O/c22-21(23,24)14-4-5-18(26-10-14)27-16-8-12-9-17(16)28(11-12)20(29)15-3-1-2-13-6-7-25-19(13)15/h1-7,10,12,16-17,25H,8-9,11H2,(H,26,27)/t12-,16?,17?/m0/s1. The number of rotatable bonds is 3. The molecule has 1 saturated carbocycles. The minimum atomic E-state index is -4.40. The van der Waals surface area contributed by atoms with Gasteiger partial charge in [-0.2, -0.15) is 13.2 Å². The predicted molar refractivity (Wildman–Crippen MR) is 102 cm³/mol. The molecule has 2 unspecified atom stereocenters. The number of nitrogens with zero attached hydrogens (tertiary/aromatic N) is 2. The van der Waals surface area contributed by atoms with E-state index in [1.807, 2.05) is 35.4 Å². The Morgan fingerprint density at radius 2 is 2.03 bits per heavy atom. The number of halogens is 3. The maximum atomic E-state index is 13.2. The number of para-hydroxylation sites is 1. The number of carbonyl (C=O) groups excluding carboxylic acids is 1. The van der Waals surface area contributed by atoms with E-state index < -0.39 is 11.7 Å². The van der Waals surface area contributed by atoms with Crippen molar-refractivity contribution in [2.45, 2.75) is 31.1 Å². The van der Waals surface area contributed by atoms with Crippen LogP contribution in [0.5, 0.6) is 0 Å². The van der Waals surface area contributed by atoms with Crippen molar-refractivity contribution in [3.63, 3.8) is 0 Å². The Bertz CT molecular complexity index is 1060. The number of piperidine rings is 1. The molecule has 1 aliphatic heterocycles. The second kappa shape index (κ2) is 6.50. The van der Waals surface area contributed by atoms with Gasteiger partial charge < -0.3 is 15.2 Å². The number of carbonyl (C=O) groups is 1. The van der Waals surface area contributed by atoms with E-state index >= 15 is 0 Å². The molecule has 1 aromatic carbocycles. The molecule has 3 aromatic rings. The predicted octanol–water partition coefficient (Wildman–Crippen LogP) is 4.30. The molecule has 5 nitrogen and oxygen atoms in total. The molecule has 8 heteroatoms. The van der Waals surface area contributed by atoms with Gasteiger partial charge in [0, 0.05) is 30.4 Å². The lowest BCUT2D eigenvalue weighted by atomic mass is 10.0. The summed E-state index contributed by atoms with van der Waals surface area (Å²) in [6.07, 6.45) is 0.0250. The van der Waals surface area contributed by atoms with Crippen LogP contribution in [0.3, 0.4) is 0 Å². The number of nitrogens with one attached hydrogen (secondary N) is 2. The molecular formula is C21H19F3N4O. The molecule has 29 heavy (non-hydrogen) atoms. The second-order valence-electron chi connectivity index (χ2n) is 7.79. The van der Waals surface area contributed by atoms with E-state index in [4.69, 9.17) is 0 Å². The number of hydrogen-bond donors (Lipinski definition) is 2.